The summed E-state index contributed by atoms with van der Waals surface area (Å²) in [5.74, 6) is 0.442. The van der Waals surface area contributed by atoms with E-state index in [1.54, 1.807) is 18.5 Å². The van der Waals surface area contributed by atoms with E-state index in [1.807, 2.05) is 12.1 Å². The number of hydrogen-bond donors (Lipinski definition) is 3. The van der Waals surface area contributed by atoms with Crippen molar-refractivity contribution in [3.05, 3.63) is 35.6 Å². The molecule has 0 radical (unpaired) electrons. The monoisotopic (exact) mass is 443 g/mol. The highest BCUT2D eigenvalue weighted by Gasteiger charge is 2.27. The number of piperidine rings is 1. The summed E-state index contributed by atoms with van der Waals surface area (Å²) >= 11 is 6.43. The van der Waals surface area contributed by atoms with E-state index in [-0.39, 0.29) is 17.2 Å². The van der Waals surface area contributed by atoms with Crippen LogP contribution in [0.3, 0.4) is 0 Å². The molecular weight excluding hydrogens is 414 g/mol. The second-order valence-electron chi connectivity index (χ2n) is 8.79. The summed E-state index contributed by atoms with van der Waals surface area (Å²) in [5, 5.41) is 10.2. The fraction of sp³-hybridized carbons (Fsp3) is 0.522. The minimum atomic E-state index is -0.0353. The Morgan fingerprint density at radius 3 is 2.94 bits per heavy atom. The van der Waals surface area contributed by atoms with Gasteiger partial charge in [0.05, 0.1) is 16.6 Å². The van der Waals surface area contributed by atoms with Crippen LogP contribution in [0, 0.1) is 11.3 Å². The predicted octanol–water partition coefficient (Wildman–Crippen LogP) is 3.96. The molecule has 8 heteroatoms. The van der Waals surface area contributed by atoms with Gasteiger partial charge in [0.25, 0.3) is 0 Å². The van der Waals surface area contributed by atoms with Crippen LogP contribution in [0.25, 0.3) is 11.3 Å². The molecule has 4 rings (SSSR count). The van der Waals surface area contributed by atoms with E-state index in [0.717, 1.165) is 68.9 Å². The first-order valence-corrected chi connectivity index (χ1v) is 11.4. The van der Waals surface area contributed by atoms with Gasteiger partial charge in [0, 0.05) is 49.9 Å². The van der Waals surface area contributed by atoms with Crippen molar-refractivity contribution in [1.82, 2.24) is 15.3 Å². The maximum Gasteiger partial charge on any atom is 0.229 e. The summed E-state index contributed by atoms with van der Waals surface area (Å²) in [7, 11) is 0. The third-order valence-corrected chi connectivity index (χ3v) is 6.53. The molecule has 1 amide bonds. The van der Waals surface area contributed by atoms with E-state index in [2.05, 4.69) is 32.8 Å². The Morgan fingerprint density at radius 1 is 1.32 bits per heavy atom. The van der Waals surface area contributed by atoms with E-state index in [0.29, 0.717) is 17.4 Å². The summed E-state index contributed by atoms with van der Waals surface area (Å²) in [5.41, 5.74) is 2.70. The van der Waals surface area contributed by atoms with Gasteiger partial charge < -0.3 is 20.7 Å². The Kier molecular flexibility index (Phi) is 7.05. The van der Waals surface area contributed by atoms with Crippen molar-refractivity contribution < 1.29 is 9.53 Å². The molecule has 2 saturated heterocycles. The van der Waals surface area contributed by atoms with Gasteiger partial charge in [-0.2, -0.15) is 0 Å². The SMILES string of the molecule is CC1(CNc2ccnc(-c3cc(NC(=O)[C@@H]4CCCNC4)ncc3Cl)c2)CCOCC1. The van der Waals surface area contributed by atoms with Crippen LogP contribution in [0.2, 0.25) is 5.02 Å². The highest BCUT2D eigenvalue weighted by molar-refractivity contribution is 6.33. The Bertz CT molecular complexity index is 911. The molecule has 2 aliphatic heterocycles. The molecular formula is C23H30ClN5O2. The molecule has 0 bridgehead atoms. The number of halogens is 1. The number of carbonyl (C=O) groups is 1. The summed E-state index contributed by atoms with van der Waals surface area (Å²) in [6.07, 6.45) is 7.33. The number of aromatic nitrogens is 2. The Morgan fingerprint density at radius 2 is 2.16 bits per heavy atom. The molecule has 7 nitrogen and oxygen atoms in total. The van der Waals surface area contributed by atoms with E-state index >= 15 is 0 Å². The summed E-state index contributed by atoms with van der Waals surface area (Å²) in [6, 6.07) is 5.74. The molecule has 0 spiro atoms. The van der Waals surface area contributed by atoms with Gasteiger partial charge in [0.2, 0.25) is 5.91 Å². The van der Waals surface area contributed by atoms with Crippen molar-refractivity contribution in [1.29, 1.82) is 0 Å². The van der Waals surface area contributed by atoms with E-state index in [1.165, 1.54) is 0 Å². The minimum absolute atomic E-state index is 0.0129. The minimum Gasteiger partial charge on any atom is -0.384 e. The topological polar surface area (TPSA) is 88.2 Å². The molecule has 2 aliphatic rings. The summed E-state index contributed by atoms with van der Waals surface area (Å²) in [4.78, 5) is 21.3. The molecule has 2 aromatic rings. The van der Waals surface area contributed by atoms with Gasteiger partial charge in [0.1, 0.15) is 5.82 Å². The van der Waals surface area contributed by atoms with Gasteiger partial charge >= 0.3 is 0 Å². The van der Waals surface area contributed by atoms with Gasteiger partial charge in [0.15, 0.2) is 0 Å². The molecule has 0 saturated carbocycles. The predicted molar refractivity (Wildman–Crippen MR) is 123 cm³/mol. The maximum atomic E-state index is 12.6. The quantitative estimate of drug-likeness (QED) is 0.626. The lowest BCUT2D eigenvalue weighted by Gasteiger charge is -2.33. The van der Waals surface area contributed by atoms with Crippen molar-refractivity contribution in [2.24, 2.45) is 11.3 Å². The standard InChI is InChI=1S/C23H30ClN5O2/c1-23(5-9-31-10-6-23)15-28-17-4-8-26-20(11-17)18-12-21(27-14-19(18)24)29-22(30)16-3-2-7-25-13-16/h4,8,11-12,14,16,25H,2-3,5-7,9-10,13,15H2,1H3,(H,26,28)(H,27,29,30)/t16-/m1/s1. The number of ether oxygens (including phenoxy) is 1. The van der Waals surface area contributed by atoms with Gasteiger partial charge in [-0.15, -0.1) is 0 Å². The average Bonchev–Trinajstić information content (AvgIpc) is 2.80. The first kappa shape index (κ1) is 22.0. The molecule has 0 aliphatic carbocycles. The van der Waals surface area contributed by atoms with Crippen LogP contribution in [-0.2, 0) is 9.53 Å². The largest absolute Gasteiger partial charge is 0.384 e. The van der Waals surface area contributed by atoms with Gasteiger partial charge in [-0.1, -0.05) is 18.5 Å². The fourth-order valence-electron chi connectivity index (χ4n) is 4.05. The zero-order valence-corrected chi connectivity index (χ0v) is 18.7. The number of rotatable bonds is 6. The summed E-state index contributed by atoms with van der Waals surface area (Å²) in [6.45, 7) is 6.47. The molecule has 1 atom stereocenters. The lowest BCUT2D eigenvalue weighted by atomic mass is 9.82. The number of carbonyl (C=O) groups excluding carboxylic acids is 1. The number of hydrogen-bond acceptors (Lipinski definition) is 6. The van der Waals surface area contributed by atoms with Crippen LogP contribution in [0.1, 0.15) is 32.6 Å². The Hall–Kier alpha value is -2.22. The van der Waals surface area contributed by atoms with Crippen LogP contribution in [0.15, 0.2) is 30.6 Å². The zero-order chi connectivity index (χ0) is 21.7. The first-order chi connectivity index (χ1) is 15.0. The van der Waals surface area contributed by atoms with E-state index < -0.39 is 0 Å². The lowest BCUT2D eigenvalue weighted by Crippen LogP contribution is -2.37. The molecule has 4 heterocycles. The number of amides is 1. The molecule has 3 N–H and O–H groups in total. The highest BCUT2D eigenvalue weighted by Crippen LogP contribution is 2.32. The Labute approximate surface area is 188 Å². The number of nitrogens with zero attached hydrogens (tertiary/aromatic N) is 2. The average molecular weight is 444 g/mol. The molecule has 2 fully saturated rings. The molecule has 166 valence electrons. The third kappa shape index (κ3) is 5.73. The smallest absolute Gasteiger partial charge is 0.229 e. The van der Waals surface area contributed by atoms with Crippen LogP contribution in [-0.4, -0.2) is 48.7 Å². The van der Waals surface area contributed by atoms with E-state index in [4.69, 9.17) is 16.3 Å². The van der Waals surface area contributed by atoms with Crippen LogP contribution in [0.4, 0.5) is 11.5 Å². The third-order valence-electron chi connectivity index (χ3n) is 6.23. The van der Waals surface area contributed by atoms with Gasteiger partial charge in [-0.05, 0) is 55.8 Å². The fourth-order valence-corrected chi connectivity index (χ4v) is 4.25. The molecule has 0 unspecified atom stereocenters. The molecule has 31 heavy (non-hydrogen) atoms. The first-order valence-electron chi connectivity index (χ1n) is 11.0. The van der Waals surface area contributed by atoms with Gasteiger partial charge in [-0.25, -0.2) is 4.98 Å². The maximum absolute atomic E-state index is 12.6. The number of nitrogens with one attached hydrogen (secondary N) is 3. The normalized spacial score (nSPS) is 20.8. The highest BCUT2D eigenvalue weighted by atomic mass is 35.5. The summed E-state index contributed by atoms with van der Waals surface area (Å²) < 4.78 is 5.49. The van der Waals surface area contributed by atoms with Gasteiger partial charge in [-0.3, -0.25) is 9.78 Å². The van der Waals surface area contributed by atoms with Crippen molar-refractivity contribution in [3.63, 3.8) is 0 Å². The second kappa shape index (κ2) is 9.94. The van der Waals surface area contributed by atoms with Crippen LogP contribution >= 0.6 is 11.6 Å². The number of pyridine rings is 2. The van der Waals surface area contributed by atoms with E-state index in [9.17, 15) is 4.79 Å². The van der Waals surface area contributed by atoms with Crippen molar-refractivity contribution in [2.75, 3.05) is 43.5 Å². The van der Waals surface area contributed by atoms with Crippen molar-refractivity contribution >= 4 is 29.0 Å². The number of anilines is 2. The second-order valence-corrected chi connectivity index (χ2v) is 9.20. The van der Waals surface area contributed by atoms with Crippen LogP contribution in [0.5, 0.6) is 0 Å². The van der Waals surface area contributed by atoms with Crippen LogP contribution < -0.4 is 16.0 Å². The van der Waals surface area contributed by atoms with Crippen molar-refractivity contribution in [2.45, 2.75) is 32.6 Å². The zero-order valence-electron chi connectivity index (χ0n) is 17.9. The van der Waals surface area contributed by atoms with Crippen molar-refractivity contribution in [3.8, 4) is 11.3 Å². The molecule has 0 aromatic carbocycles. The lowest BCUT2D eigenvalue weighted by molar-refractivity contribution is -0.120. The molecule has 2 aromatic heterocycles. The Balaban J connectivity index is 1.46.